The first kappa shape index (κ1) is 25.2. The summed E-state index contributed by atoms with van der Waals surface area (Å²) in [6.07, 6.45) is 12.3. The molecule has 0 bridgehead atoms. The Morgan fingerprint density at radius 1 is 1.13 bits per heavy atom. The van der Waals surface area contributed by atoms with Gasteiger partial charge >= 0.3 is 0 Å². The number of hydrogen-bond donors (Lipinski definition) is 3. The third-order valence-corrected chi connectivity index (χ3v) is 8.78. The van der Waals surface area contributed by atoms with Crippen LogP contribution in [0, 0.1) is 11.8 Å². The minimum atomic E-state index is -3.48. The number of pyridine rings is 1. The molecule has 13 heteroatoms. The SMILES string of the molecule is Cn1cc(C#Cc2cnc(Nc3ccnc(-c4cnn(S(=O)(=O)C5CC5)c4)n3)cc2C2(O)CCCNC2)cn1. The van der Waals surface area contributed by atoms with Crippen LogP contribution in [0.5, 0.6) is 0 Å². The molecule has 3 N–H and O–H groups in total. The van der Waals surface area contributed by atoms with Crippen LogP contribution in [0.1, 0.15) is 42.4 Å². The zero-order chi connectivity index (χ0) is 27.0. The van der Waals surface area contributed by atoms with E-state index in [-0.39, 0.29) is 5.25 Å². The maximum absolute atomic E-state index is 12.5. The van der Waals surface area contributed by atoms with Crippen molar-refractivity contribution >= 4 is 21.7 Å². The van der Waals surface area contributed by atoms with Crippen molar-refractivity contribution in [3.8, 4) is 23.2 Å². The van der Waals surface area contributed by atoms with Crippen LogP contribution >= 0.6 is 0 Å². The van der Waals surface area contributed by atoms with Gasteiger partial charge in [-0.05, 0) is 44.4 Å². The summed E-state index contributed by atoms with van der Waals surface area (Å²) in [5, 5.41) is 25.8. The lowest BCUT2D eigenvalue weighted by Crippen LogP contribution is -2.43. The Kier molecular flexibility index (Phi) is 6.38. The van der Waals surface area contributed by atoms with E-state index < -0.39 is 15.6 Å². The van der Waals surface area contributed by atoms with E-state index in [0.29, 0.717) is 60.0 Å². The van der Waals surface area contributed by atoms with Crippen molar-refractivity contribution < 1.29 is 13.5 Å². The van der Waals surface area contributed by atoms with Crippen LogP contribution in [-0.4, -0.2) is 65.8 Å². The van der Waals surface area contributed by atoms with Crippen LogP contribution in [0.2, 0.25) is 0 Å². The Morgan fingerprint density at radius 3 is 2.74 bits per heavy atom. The lowest BCUT2D eigenvalue weighted by molar-refractivity contribution is 0.0120. The fraction of sp³-hybridized carbons (Fsp3) is 0.346. The third-order valence-electron chi connectivity index (χ3n) is 6.75. The fourth-order valence-electron chi connectivity index (χ4n) is 4.53. The number of anilines is 2. The van der Waals surface area contributed by atoms with Gasteiger partial charge in [0.25, 0.3) is 10.0 Å². The maximum Gasteiger partial charge on any atom is 0.256 e. The first-order valence-corrected chi connectivity index (χ1v) is 14.1. The predicted molar refractivity (Wildman–Crippen MR) is 143 cm³/mol. The van der Waals surface area contributed by atoms with E-state index in [2.05, 4.69) is 47.6 Å². The fourth-order valence-corrected chi connectivity index (χ4v) is 6.01. The van der Waals surface area contributed by atoms with Crippen LogP contribution in [0.25, 0.3) is 11.4 Å². The van der Waals surface area contributed by atoms with Crippen molar-refractivity contribution in [2.45, 2.75) is 36.5 Å². The Balaban J connectivity index is 1.29. The second-order valence-corrected chi connectivity index (χ2v) is 11.9. The van der Waals surface area contributed by atoms with Gasteiger partial charge in [0.05, 0.1) is 35.0 Å². The number of aromatic nitrogens is 7. The molecular weight excluding hydrogens is 518 g/mol. The second kappa shape index (κ2) is 9.88. The number of hydrogen-bond acceptors (Lipinski definition) is 10. The molecule has 2 fully saturated rings. The van der Waals surface area contributed by atoms with Gasteiger partial charge in [0, 0.05) is 43.3 Å². The zero-order valence-corrected chi connectivity index (χ0v) is 22.1. The van der Waals surface area contributed by atoms with Crippen molar-refractivity contribution in [3.63, 3.8) is 0 Å². The molecule has 39 heavy (non-hydrogen) atoms. The van der Waals surface area contributed by atoms with Gasteiger partial charge in [-0.1, -0.05) is 11.8 Å². The lowest BCUT2D eigenvalue weighted by atomic mass is 9.84. The average molecular weight is 546 g/mol. The standard InChI is InChI=1S/C26H27N9O3S/c1-34-15-18(12-30-34)3-4-19-13-29-24(11-22(19)26(36)8-2-9-27-17-26)32-23-7-10-28-25(33-23)20-14-31-35(16-20)39(37,38)21-5-6-21/h7,10-16,21,27,36H,2,5-6,8-9,17H2,1H3,(H,28,29,32,33). The maximum atomic E-state index is 12.5. The highest BCUT2D eigenvalue weighted by atomic mass is 32.2. The molecular formula is C26H27N9O3S. The summed E-state index contributed by atoms with van der Waals surface area (Å²) in [5.41, 5.74) is 1.45. The molecule has 1 unspecified atom stereocenters. The molecule has 5 heterocycles. The first-order chi connectivity index (χ1) is 18.8. The zero-order valence-electron chi connectivity index (χ0n) is 21.2. The highest BCUT2D eigenvalue weighted by Gasteiger charge is 2.38. The molecule has 1 saturated carbocycles. The highest BCUT2D eigenvalue weighted by molar-refractivity contribution is 7.90. The Bertz CT molecular complexity index is 1690. The van der Waals surface area contributed by atoms with E-state index in [4.69, 9.17) is 0 Å². The normalized spacial score (nSPS) is 19.3. The van der Waals surface area contributed by atoms with E-state index in [0.717, 1.165) is 22.6 Å². The molecule has 2 aliphatic rings. The Morgan fingerprint density at radius 2 is 2.00 bits per heavy atom. The van der Waals surface area contributed by atoms with E-state index in [1.54, 1.807) is 35.4 Å². The van der Waals surface area contributed by atoms with Crippen molar-refractivity contribution in [1.82, 2.24) is 39.2 Å². The molecule has 0 aromatic carbocycles. The average Bonchev–Trinajstić information content (AvgIpc) is 3.53. The summed E-state index contributed by atoms with van der Waals surface area (Å²) in [5.74, 6) is 7.51. The molecule has 1 saturated heterocycles. The van der Waals surface area contributed by atoms with Crippen molar-refractivity contribution in [2.75, 3.05) is 18.4 Å². The van der Waals surface area contributed by atoms with Gasteiger partial charge in [-0.2, -0.15) is 14.3 Å². The number of aliphatic hydroxyl groups is 1. The monoisotopic (exact) mass is 545 g/mol. The summed E-state index contributed by atoms with van der Waals surface area (Å²) in [4.78, 5) is 13.3. The first-order valence-electron chi connectivity index (χ1n) is 12.6. The van der Waals surface area contributed by atoms with Gasteiger partial charge in [0.1, 0.15) is 17.2 Å². The molecule has 1 atom stereocenters. The molecule has 6 rings (SSSR count). The molecule has 0 spiro atoms. The van der Waals surface area contributed by atoms with Gasteiger partial charge in [0.2, 0.25) is 0 Å². The largest absolute Gasteiger partial charge is 0.384 e. The summed E-state index contributed by atoms with van der Waals surface area (Å²) < 4.78 is 27.7. The van der Waals surface area contributed by atoms with E-state index in [1.807, 2.05) is 13.2 Å². The molecule has 12 nitrogen and oxygen atoms in total. The number of aryl methyl sites for hydroxylation is 1. The summed E-state index contributed by atoms with van der Waals surface area (Å²) in [7, 11) is -1.65. The Hall–Kier alpha value is -4.12. The number of rotatable bonds is 6. The van der Waals surface area contributed by atoms with E-state index in [1.165, 1.54) is 12.4 Å². The molecule has 0 radical (unpaired) electrons. The topological polar surface area (TPSA) is 153 Å². The van der Waals surface area contributed by atoms with Crippen LogP contribution in [-0.2, 0) is 22.7 Å². The van der Waals surface area contributed by atoms with Gasteiger partial charge in [-0.3, -0.25) is 4.68 Å². The summed E-state index contributed by atoms with van der Waals surface area (Å²) in [6.45, 7) is 1.25. The van der Waals surface area contributed by atoms with Gasteiger partial charge in [-0.15, -0.1) is 0 Å². The van der Waals surface area contributed by atoms with Crippen molar-refractivity contribution in [3.05, 3.63) is 66.0 Å². The van der Waals surface area contributed by atoms with Crippen molar-refractivity contribution in [1.29, 1.82) is 0 Å². The molecule has 1 aliphatic carbocycles. The Labute approximate surface area is 225 Å². The summed E-state index contributed by atoms with van der Waals surface area (Å²) in [6, 6.07) is 3.48. The number of β-amino-alcohol motifs (C(OH)–C–C–N with tert-alkyl or cyclic N) is 1. The van der Waals surface area contributed by atoms with Crippen molar-refractivity contribution in [2.24, 2.45) is 7.05 Å². The lowest BCUT2D eigenvalue weighted by Gasteiger charge is -2.34. The smallest absolute Gasteiger partial charge is 0.256 e. The van der Waals surface area contributed by atoms with Crippen LogP contribution < -0.4 is 10.6 Å². The van der Waals surface area contributed by atoms with Gasteiger partial charge < -0.3 is 15.7 Å². The quantitative estimate of drug-likeness (QED) is 0.304. The predicted octanol–water partition coefficient (Wildman–Crippen LogP) is 1.52. The number of nitrogens with one attached hydrogen (secondary N) is 2. The molecule has 4 aromatic heterocycles. The van der Waals surface area contributed by atoms with Gasteiger partial charge in [0.15, 0.2) is 5.82 Å². The number of piperidine rings is 1. The van der Waals surface area contributed by atoms with E-state index >= 15 is 0 Å². The highest BCUT2D eigenvalue weighted by Crippen LogP contribution is 2.33. The molecule has 1 aliphatic heterocycles. The van der Waals surface area contributed by atoms with E-state index in [9.17, 15) is 13.5 Å². The van der Waals surface area contributed by atoms with Crippen LogP contribution in [0.15, 0.2) is 49.3 Å². The minimum absolute atomic E-state index is 0.325. The summed E-state index contributed by atoms with van der Waals surface area (Å²) >= 11 is 0. The molecule has 0 amide bonds. The molecule has 4 aromatic rings. The second-order valence-electron chi connectivity index (χ2n) is 9.82. The van der Waals surface area contributed by atoms with Crippen LogP contribution in [0.3, 0.4) is 0 Å². The molecule has 200 valence electrons. The van der Waals surface area contributed by atoms with Gasteiger partial charge in [-0.25, -0.2) is 23.4 Å². The van der Waals surface area contributed by atoms with Crippen LogP contribution in [0.4, 0.5) is 11.6 Å². The third kappa shape index (κ3) is 5.26. The number of nitrogens with zero attached hydrogens (tertiary/aromatic N) is 7. The minimum Gasteiger partial charge on any atom is -0.384 e.